The Morgan fingerprint density at radius 3 is 0.801 bits per heavy atom. The van der Waals surface area contributed by atoms with E-state index in [9.17, 15) is 0 Å². The van der Waals surface area contributed by atoms with Gasteiger partial charge in [-0.2, -0.15) is 0 Å². The van der Waals surface area contributed by atoms with Gasteiger partial charge < -0.3 is 0 Å². The van der Waals surface area contributed by atoms with Crippen molar-refractivity contribution in [2.45, 2.75) is 77.0 Å². The Balaban J connectivity index is 0.0000000966. The first kappa shape index (κ1) is 87.3. The molecule has 4 aliphatic carbocycles. The fourth-order valence-corrected chi connectivity index (χ4v) is 25.7. The molecule has 0 N–H and O–H groups in total. The standard InChI is InChI=1S/C38H27N.C36H25N.2C34H25N/c1-38(2)33-19-10-22-39-37(33)32-21-20-25(23-34(32)38)35-28-14-5-7-16-30(28)36(31-17-8-6-15-29(31)35)27-18-9-12-24-11-3-4-13-26(24)27;1-36(2)31-9-6-20-37-35(31)30-19-14-25(21-32(30)36)27-16-11-24-12-17-28-26(22-7-4-3-5-8-22)15-10-23-13-18-29(27)34(24)33(23)28;1-34(2)28-19-10-18-27(32(28)33-29(34)20-11-21-35-33)31-25-16-8-6-14-23(25)30(22-12-4-3-5-13-22)24-15-7-9-17-26(24)31;1-34(2)29-17-10-20-35-33(29)28-19-18-23(21-30(28)34)32-26-15-8-6-13-24(26)31(22-11-4-3-5-12-22)25-14-7-9-16-27(25)32/h3-23H,1-2H3;3-21H,1-2H3;2*3-21H,1-2H3. The third-order valence-corrected chi connectivity index (χ3v) is 32.6. The van der Waals surface area contributed by atoms with Crippen LogP contribution in [0.1, 0.15) is 99.9 Å². The van der Waals surface area contributed by atoms with E-state index < -0.39 is 0 Å². The normalized spacial score (nSPS) is 13.7. The summed E-state index contributed by atoms with van der Waals surface area (Å²) in [7, 11) is 0. The lowest BCUT2D eigenvalue weighted by molar-refractivity contribution is 0.659. The number of pyridine rings is 4. The van der Waals surface area contributed by atoms with Crippen LogP contribution in [-0.4, -0.2) is 19.9 Å². The van der Waals surface area contributed by atoms with Crippen LogP contribution < -0.4 is 0 Å². The first-order valence-corrected chi connectivity index (χ1v) is 51.1. The lowest BCUT2D eigenvalue weighted by atomic mass is 9.80. The van der Waals surface area contributed by atoms with Gasteiger partial charge in [-0.1, -0.05) is 462 Å². The maximum absolute atomic E-state index is 4.91. The molecule has 0 unspecified atom stereocenters. The van der Waals surface area contributed by atoms with E-state index in [1.54, 1.807) is 0 Å². The molecule has 0 radical (unpaired) electrons. The third-order valence-electron chi connectivity index (χ3n) is 32.6. The Hall–Kier alpha value is -17.7. The van der Waals surface area contributed by atoms with E-state index in [-0.39, 0.29) is 21.7 Å². The Kier molecular flexibility index (Phi) is 20.4. The molecule has 0 amide bonds. The van der Waals surface area contributed by atoms with Crippen LogP contribution >= 0.6 is 0 Å². The van der Waals surface area contributed by atoms with E-state index in [1.807, 2.05) is 24.8 Å². The Morgan fingerprint density at radius 2 is 0.404 bits per heavy atom. The molecule has 26 aromatic rings. The number of hydrogen-bond donors (Lipinski definition) is 0. The number of fused-ring (bicyclic) bond motifs is 19. The molecule has 4 aromatic heterocycles. The molecule has 30 rings (SSSR count). The highest BCUT2D eigenvalue weighted by Crippen LogP contribution is 2.59. The van der Waals surface area contributed by atoms with Gasteiger partial charge in [-0.15, -0.1) is 0 Å². The van der Waals surface area contributed by atoms with Crippen LogP contribution in [0.25, 0.3) is 242 Å². The number of rotatable bonds is 8. The van der Waals surface area contributed by atoms with E-state index in [4.69, 9.17) is 19.9 Å². The molecule has 0 bridgehead atoms. The summed E-state index contributed by atoms with van der Waals surface area (Å²) >= 11 is 0. The van der Waals surface area contributed by atoms with Crippen molar-refractivity contribution < 1.29 is 0 Å². The highest BCUT2D eigenvalue weighted by molar-refractivity contribution is 6.30. The lowest BCUT2D eigenvalue weighted by Gasteiger charge is -2.23. The quantitative estimate of drug-likeness (QED) is 0.112. The van der Waals surface area contributed by atoms with Crippen molar-refractivity contribution in [2.75, 3.05) is 0 Å². The molecular weight excluding hydrogens is 1760 g/mol. The SMILES string of the molecule is CC1(C)c2cc(-c3c4ccccc4c(-c4cccc5ccccc45)c4ccccc34)ccc2-c2ncccc21.CC1(C)c2cc(-c3c4ccccc4c(-c4ccccc4)c4ccccc34)ccc2-c2ncccc21.CC1(C)c2cc(-c3ccc4ccc5c(-c6ccccc6)ccc6ccc3c4c65)ccc2-c2ncccc21.CC1(C)c2cccnc2-c2c(-c3c4ccccc4c(-c4ccccc4)c4ccccc34)cccc21. The van der Waals surface area contributed by atoms with Gasteiger partial charge in [0.25, 0.3) is 0 Å². The smallest absolute Gasteiger partial charge is 0.0752 e. The van der Waals surface area contributed by atoms with Crippen LogP contribution in [0, 0.1) is 0 Å². The van der Waals surface area contributed by atoms with Crippen molar-refractivity contribution in [3.05, 3.63) is 518 Å². The second kappa shape index (κ2) is 34.0. The van der Waals surface area contributed by atoms with Crippen LogP contribution in [-0.2, 0) is 21.7 Å². The van der Waals surface area contributed by atoms with Crippen LogP contribution in [0.2, 0.25) is 0 Å². The molecule has 0 spiro atoms. The molecule has 0 atom stereocenters. The second-order valence-corrected chi connectivity index (χ2v) is 41.9. The summed E-state index contributed by atoms with van der Waals surface area (Å²) < 4.78 is 0. The van der Waals surface area contributed by atoms with E-state index in [0.29, 0.717) is 0 Å². The first-order valence-electron chi connectivity index (χ1n) is 51.1. The van der Waals surface area contributed by atoms with Gasteiger partial charge in [0.2, 0.25) is 0 Å². The molecule has 4 heterocycles. The minimum Gasteiger partial charge on any atom is -0.256 e. The molecule has 4 heteroatoms. The molecule has 4 aliphatic rings. The van der Waals surface area contributed by atoms with Crippen molar-refractivity contribution in [3.63, 3.8) is 0 Å². The minimum atomic E-state index is -0.0938. The van der Waals surface area contributed by atoms with Gasteiger partial charge >= 0.3 is 0 Å². The number of nitrogens with zero attached hydrogens (tertiary/aromatic N) is 4. The monoisotopic (exact) mass is 1860 g/mol. The summed E-state index contributed by atoms with van der Waals surface area (Å²) in [6.07, 6.45) is 7.64. The van der Waals surface area contributed by atoms with Crippen LogP contribution in [0.5, 0.6) is 0 Å². The van der Waals surface area contributed by atoms with Crippen molar-refractivity contribution in [2.24, 2.45) is 0 Å². The Labute approximate surface area is 850 Å². The number of hydrogen-bond acceptors (Lipinski definition) is 4. The summed E-state index contributed by atoms with van der Waals surface area (Å²) in [5, 5.41) is 25.9. The van der Waals surface area contributed by atoms with Gasteiger partial charge in [-0.05, 0) is 284 Å². The zero-order valence-corrected chi connectivity index (χ0v) is 82.8. The van der Waals surface area contributed by atoms with Crippen molar-refractivity contribution in [1.82, 2.24) is 19.9 Å². The van der Waals surface area contributed by atoms with E-state index in [2.05, 4.69) is 504 Å². The Morgan fingerprint density at radius 1 is 0.137 bits per heavy atom. The molecule has 146 heavy (non-hydrogen) atoms. The van der Waals surface area contributed by atoms with Gasteiger partial charge in [-0.3, -0.25) is 19.9 Å². The van der Waals surface area contributed by atoms with Crippen molar-refractivity contribution in [3.8, 4) is 134 Å². The molecule has 690 valence electrons. The largest absolute Gasteiger partial charge is 0.256 e. The molecule has 0 aliphatic heterocycles. The molecule has 22 aromatic carbocycles. The topological polar surface area (TPSA) is 51.6 Å². The van der Waals surface area contributed by atoms with Crippen LogP contribution in [0.15, 0.2) is 474 Å². The lowest BCUT2D eigenvalue weighted by Crippen LogP contribution is -2.15. The zero-order chi connectivity index (χ0) is 98.0. The third kappa shape index (κ3) is 13.6. The molecular formula is C142H102N4. The summed E-state index contributed by atoms with van der Waals surface area (Å²) in [4.78, 5) is 19.2. The molecule has 0 fully saturated rings. The predicted molar refractivity (Wildman–Crippen MR) is 617 cm³/mol. The molecule has 0 saturated heterocycles. The van der Waals surface area contributed by atoms with Crippen molar-refractivity contribution in [1.29, 1.82) is 0 Å². The minimum absolute atomic E-state index is 0.0662. The highest BCUT2D eigenvalue weighted by atomic mass is 14.7. The van der Waals surface area contributed by atoms with Gasteiger partial charge in [-0.25, -0.2) is 0 Å². The molecule has 4 nitrogen and oxygen atoms in total. The van der Waals surface area contributed by atoms with E-state index >= 15 is 0 Å². The average molecular weight is 1860 g/mol. The highest BCUT2D eigenvalue weighted by Gasteiger charge is 2.42. The fourth-order valence-electron chi connectivity index (χ4n) is 25.7. The van der Waals surface area contributed by atoms with Crippen LogP contribution in [0.4, 0.5) is 0 Å². The van der Waals surface area contributed by atoms with Gasteiger partial charge in [0.05, 0.1) is 22.8 Å². The number of benzene rings is 22. The average Bonchev–Trinajstić information content (AvgIpc) is 1.15. The summed E-state index contributed by atoms with van der Waals surface area (Å²) in [6, 6.07) is 164. The van der Waals surface area contributed by atoms with Crippen molar-refractivity contribution >= 4 is 108 Å². The zero-order valence-electron chi connectivity index (χ0n) is 82.8. The predicted octanol–water partition coefficient (Wildman–Crippen LogP) is 37.9. The van der Waals surface area contributed by atoms with Gasteiger partial charge in [0.1, 0.15) is 0 Å². The number of aromatic nitrogens is 4. The van der Waals surface area contributed by atoms with E-state index in [0.717, 1.165) is 22.8 Å². The van der Waals surface area contributed by atoms with Crippen LogP contribution in [0.3, 0.4) is 0 Å². The van der Waals surface area contributed by atoms with E-state index in [1.165, 1.54) is 264 Å². The summed E-state index contributed by atoms with van der Waals surface area (Å²) in [5.74, 6) is 0. The summed E-state index contributed by atoms with van der Waals surface area (Å²) in [5.41, 5.74) is 40.3. The van der Waals surface area contributed by atoms with Gasteiger partial charge in [0.15, 0.2) is 0 Å². The maximum Gasteiger partial charge on any atom is 0.0752 e. The second-order valence-electron chi connectivity index (χ2n) is 41.9. The first-order chi connectivity index (χ1) is 71.5. The van der Waals surface area contributed by atoms with Gasteiger partial charge in [0, 0.05) is 68.7 Å². The fraction of sp³-hybridized carbons (Fsp3) is 0.0845. The summed E-state index contributed by atoms with van der Waals surface area (Å²) in [6.45, 7) is 18.5. The maximum atomic E-state index is 4.91. The Bertz CT molecular complexity index is 9690. The molecule has 0 saturated carbocycles.